The number of fused-ring (bicyclic) bond motifs is 3. The lowest BCUT2D eigenvalue weighted by Gasteiger charge is -2.49. The van der Waals surface area contributed by atoms with Crippen molar-refractivity contribution in [1.82, 2.24) is 10.2 Å². The van der Waals surface area contributed by atoms with Crippen LogP contribution < -0.4 is 10.2 Å². The van der Waals surface area contributed by atoms with Crippen LogP contribution in [0.25, 0.3) is 0 Å². The van der Waals surface area contributed by atoms with Gasteiger partial charge >= 0.3 is 0 Å². The molecule has 1 saturated heterocycles. The van der Waals surface area contributed by atoms with E-state index in [4.69, 9.17) is 0 Å². The lowest BCUT2D eigenvalue weighted by atomic mass is 9.83. The molecule has 2 aliphatic rings. The zero-order valence-corrected chi connectivity index (χ0v) is 18.1. The van der Waals surface area contributed by atoms with E-state index in [1.54, 1.807) is 12.1 Å². The van der Waals surface area contributed by atoms with E-state index in [0.717, 1.165) is 38.2 Å². The highest BCUT2D eigenvalue weighted by Crippen LogP contribution is 2.36. The summed E-state index contributed by atoms with van der Waals surface area (Å²) < 4.78 is 13.2. The average molecular weight is 430 g/mol. The fraction of sp³-hybridized carbons (Fsp3) is 0.296. The summed E-state index contributed by atoms with van der Waals surface area (Å²) in [6, 6.07) is 25.4. The first-order valence-electron chi connectivity index (χ1n) is 11.3. The van der Waals surface area contributed by atoms with Crippen molar-refractivity contribution in [3.63, 3.8) is 0 Å². The SMILES string of the molecule is O=C(NCc1ccc(F)cc1)C1Cc2ccccc2N2CCN(Cc3ccccc3)CC12. The number of nitrogens with zero attached hydrogens (tertiary/aromatic N) is 2. The maximum Gasteiger partial charge on any atom is 0.225 e. The Hall–Kier alpha value is -3.18. The zero-order chi connectivity index (χ0) is 21.9. The van der Waals surface area contributed by atoms with Crippen LogP contribution in [0.3, 0.4) is 0 Å². The Kier molecular flexibility index (Phi) is 5.91. The third-order valence-corrected chi connectivity index (χ3v) is 6.67. The molecule has 1 N–H and O–H groups in total. The van der Waals surface area contributed by atoms with E-state index in [1.807, 2.05) is 6.07 Å². The van der Waals surface area contributed by atoms with E-state index in [1.165, 1.54) is 28.9 Å². The second-order valence-corrected chi connectivity index (χ2v) is 8.77. The Balaban J connectivity index is 1.34. The molecule has 0 saturated carbocycles. The predicted octanol–water partition coefficient (Wildman–Crippen LogP) is 4.01. The molecule has 1 amide bonds. The summed E-state index contributed by atoms with van der Waals surface area (Å²) in [6.07, 6.45) is 0.742. The van der Waals surface area contributed by atoms with Crippen LogP contribution in [0.5, 0.6) is 0 Å². The number of carbonyl (C=O) groups excluding carboxylic acids is 1. The van der Waals surface area contributed by atoms with Gasteiger partial charge in [0.05, 0.1) is 12.0 Å². The molecule has 32 heavy (non-hydrogen) atoms. The normalized spacial score (nSPS) is 20.3. The Bertz CT molecular complexity index is 1070. The van der Waals surface area contributed by atoms with Gasteiger partial charge in [-0.2, -0.15) is 0 Å². The van der Waals surface area contributed by atoms with Gasteiger partial charge in [0.25, 0.3) is 0 Å². The largest absolute Gasteiger partial charge is 0.365 e. The number of nitrogens with one attached hydrogen (secondary N) is 1. The molecular weight excluding hydrogens is 401 g/mol. The highest BCUT2D eigenvalue weighted by Gasteiger charge is 2.41. The molecule has 1 fully saturated rings. The van der Waals surface area contributed by atoms with Crippen molar-refractivity contribution in [2.75, 3.05) is 24.5 Å². The Morgan fingerprint density at radius 3 is 2.47 bits per heavy atom. The number of benzene rings is 3. The van der Waals surface area contributed by atoms with Crippen molar-refractivity contribution in [2.45, 2.75) is 25.6 Å². The average Bonchev–Trinajstić information content (AvgIpc) is 2.83. The first-order chi connectivity index (χ1) is 15.7. The Morgan fingerprint density at radius 1 is 0.906 bits per heavy atom. The van der Waals surface area contributed by atoms with E-state index in [0.29, 0.717) is 6.54 Å². The molecule has 3 aromatic carbocycles. The molecule has 0 spiro atoms. The van der Waals surface area contributed by atoms with E-state index in [-0.39, 0.29) is 23.7 Å². The van der Waals surface area contributed by atoms with Gasteiger partial charge in [-0.1, -0.05) is 60.7 Å². The minimum Gasteiger partial charge on any atom is -0.365 e. The smallest absolute Gasteiger partial charge is 0.225 e. The van der Waals surface area contributed by atoms with Gasteiger partial charge in [-0.15, -0.1) is 0 Å². The van der Waals surface area contributed by atoms with Gasteiger partial charge in [-0.3, -0.25) is 9.69 Å². The molecule has 0 bridgehead atoms. The molecule has 4 nitrogen and oxygen atoms in total. The third kappa shape index (κ3) is 4.39. The standard InChI is InChI=1S/C27H28FN3O/c28-23-12-10-20(11-13-23)17-29-27(32)24-16-22-8-4-5-9-25(22)31-15-14-30(19-26(24)31)18-21-6-2-1-3-7-21/h1-13,24,26H,14-19H2,(H,29,32). The Labute approximate surface area is 188 Å². The second-order valence-electron chi connectivity index (χ2n) is 8.77. The van der Waals surface area contributed by atoms with Crippen molar-refractivity contribution >= 4 is 11.6 Å². The number of hydrogen-bond donors (Lipinski definition) is 1. The lowest BCUT2D eigenvalue weighted by molar-refractivity contribution is -0.126. The topological polar surface area (TPSA) is 35.6 Å². The molecule has 2 heterocycles. The van der Waals surface area contributed by atoms with Crippen molar-refractivity contribution in [3.05, 3.63) is 101 Å². The molecular formula is C27H28FN3O. The van der Waals surface area contributed by atoms with Crippen LogP contribution in [0.2, 0.25) is 0 Å². The molecule has 0 aliphatic carbocycles. The van der Waals surface area contributed by atoms with Crippen molar-refractivity contribution in [3.8, 4) is 0 Å². The van der Waals surface area contributed by atoms with Crippen molar-refractivity contribution < 1.29 is 9.18 Å². The molecule has 0 aromatic heterocycles. The Morgan fingerprint density at radius 2 is 1.66 bits per heavy atom. The fourth-order valence-electron chi connectivity index (χ4n) is 5.02. The van der Waals surface area contributed by atoms with Crippen LogP contribution in [0, 0.1) is 11.7 Å². The van der Waals surface area contributed by atoms with Gasteiger partial charge in [0.15, 0.2) is 0 Å². The lowest BCUT2D eigenvalue weighted by Crippen LogP contribution is -2.60. The van der Waals surface area contributed by atoms with Gasteiger partial charge in [0, 0.05) is 38.4 Å². The van der Waals surface area contributed by atoms with E-state index in [2.05, 4.69) is 63.6 Å². The molecule has 5 heteroatoms. The number of halogens is 1. The second kappa shape index (κ2) is 9.13. The summed E-state index contributed by atoms with van der Waals surface area (Å²) in [5.41, 5.74) is 4.71. The monoisotopic (exact) mass is 429 g/mol. The highest BCUT2D eigenvalue weighted by molar-refractivity contribution is 5.82. The molecule has 3 aromatic rings. The maximum atomic E-state index is 13.3. The summed E-state index contributed by atoms with van der Waals surface area (Å²) in [5, 5.41) is 3.11. The summed E-state index contributed by atoms with van der Waals surface area (Å²) in [4.78, 5) is 18.2. The van der Waals surface area contributed by atoms with E-state index >= 15 is 0 Å². The van der Waals surface area contributed by atoms with Crippen LogP contribution in [0.1, 0.15) is 16.7 Å². The third-order valence-electron chi connectivity index (χ3n) is 6.67. The minimum absolute atomic E-state index is 0.0698. The quantitative estimate of drug-likeness (QED) is 0.666. The first kappa shape index (κ1) is 20.7. The first-order valence-corrected chi connectivity index (χ1v) is 11.3. The molecule has 2 aliphatic heterocycles. The summed E-state index contributed by atoms with van der Waals surface area (Å²) >= 11 is 0. The number of amides is 1. The van der Waals surface area contributed by atoms with Gasteiger partial charge in [-0.25, -0.2) is 4.39 Å². The van der Waals surface area contributed by atoms with Gasteiger partial charge in [-0.05, 0) is 41.3 Å². The summed E-state index contributed by atoms with van der Waals surface area (Å²) in [6.45, 7) is 4.06. The van der Waals surface area contributed by atoms with Crippen LogP contribution >= 0.6 is 0 Å². The highest BCUT2D eigenvalue weighted by atomic mass is 19.1. The maximum absolute atomic E-state index is 13.3. The zero-order valence-electron chi connectivity index (χ0n) is 18.1. The van der Waals surface area contributed by atoms with Gasteiger partial charge in [0.2, 0.25) is 5.91 Å². The van der Waals surface area contributed by atoms with Crippen LogP contribution in [0.4, 0.5) is 10.1 Å². The van der Waals surface area contributed by atoms with E-state index in [9.17, 15) is 9.18 Å². The molecule has 164 valence electrons. The van der Waals surface area contributed by atoms with Crippen molar-refractivity contribution in [2.24, 2.45) is 5.92 Å². The van der Waals surface area contributed by atoms with Crippen LogP contribution in [-0.4, -0.2) is 36.5 Å². The number of para-hydroxylation sites is 1. The summed E-state index contributed by atoms with van der Waals surface area (Å²) in [5.74, 6) is -0.315. The molecule has 0 radical (unpaired) electrons. The number of rotatable bonds is 5. The molecule has 2 unspecified atom stereocenters. The van der Waals surface area contributed by atoms with E-state index < -0.39 is 0 Å². The van der Waals surface area contributed by atoms with Crippen LogP contribution in [-0.2, 0) is 24.3 Å². The predicted molar refractivity (Wildman–Crippen MR) is 125 cm³/mol. The van der Waals surface area contributed by atoms with Gasteiger partial charge < -0.3 is 10.2 Å². The number of hydrogen-bond acceptors (Lipinski definition) is 3. The summed E-state index contributed by atoms with van der Waals surface area (Å²) in [7, 11) is 0. The number of piperazine rings is 1. The van der Waals surface area contributed by atoms with Crippen molar-refractivity contribution in [1.29, 1.82) is 0 Å². The number of carbonyl (C=O) groups is 1. The minimum atomic E-state index is -0.264. The molecule has 2 atom stereocenters. The molecule has 5 rings (SSSR count). The fourth-order valence-corrected chi connectivity index (χ4v) is 5.02. The number of anilines is 1. The van der Waals surface area contributed by atoms with Gasteiger partial charge in [0.1, 0.15) is 5.82 Å². The van der Waals surface area contributed by atoms with Crippen LogP contribution in [0.15, 0.2) is 78.9 Å².